The highest BCUT2D eigenvalue weighted by Crippen LogP contribution is 2.25. The molecular formula is C14H21FN2. The summed E-state index contributed by atoms with van der Waals surface area (Å²) >= 11 is 0. The summed E-state index contributed by atoms with van der Waals surface area (Å²) < 4.78 is 13.1. The molecule has 94 valence electrons. The Morgan fingerprint density at radius 3 is 2.94 bits per heavy atom. The summed E-state index contributed by atoms with van der Waals surface area (Å²) in [7, 11) is 2.11. The number of halogens is 1. The Morgan fingerprint density at radius 1 is 1.47 bits per heavy atom. The van der Waals surface area contributed by atoms with E-state index in [0.717, 1.165) is 31.7 Å². The van der Waals surface area contributed by atoms with E-state index in [9.17, 15) is 4.39 Å². The van der Waals surface area contributed by atoms with Crippen LogP contribution < -0.4 is 5.32 Å². The predicted molar refractivity (Wildman–Crippen MR) is 68.3 cm³/mol. The molecule has 0 spiro atoms. The van der Waals surface area contributed by atoms with Gasteiger partial charge in [0.25, 0.3) is 0 Å². The molecule has 1 aliphatic rings. The van der Waals surface area contributed by atoms with Crippen LogP contribution in [-0.4, -0.2) is 31.6 Å². The van der Waals surface area contributed by atoms with Gasteiger partial charge in [0.15, 0.2) is 0 Å². The smallest absolute Gasteiger partial charge is 0.123 e. The molecule has 0 radical (unpaired) electrons. The normalized spacial score (nSPS) is 24.5. The van der Waals surface area contributed by atoms with E-state index in [1.165, 1.54) is 12.5 Å². The summed E-state index contributed by atoms with van der Waals surface area (Å²) in [6.07, 6.45) is 1.22. The van der Waals surface area contributed by atoms with E-state index in [-0.39, 0.29) is 5.82 Å². The van der Waals surface area contributed by atoms with Gasteiger partial charge >= 0.3 is 0 Å². The van der Waals surface area contributed by atoms with Gasteiger partial charge in [-0.15, -0.1) is 0 Å². The predicted octanol–water partition coefficient (Wildman–Crippen LogP) is 2.26. The van der Waals surface area contributed by atoms with E-state index < -0.39 is 0 Å². The van der Waals surface area contributed by atoms with Crippen LogP contribution in [0.4, 0.5) is 4.39 Å². The van der Waals surface area contributed by atoms with Crippen LogP contribution in [0.2, 0.25) is 0 Å². The van der Waals surface area contributed by atoms with Gasteiger partial charge in [0.1, 0.15) is 5.82 Å². The fraction of sp³-hybridized carbons (Fsp3) is 0.571. The van der Waals surface area contributed by atoms with Crippen LogP contribution >= 0.6 is 0 Å². The number of benzene rings is 1. The quantitative estimate of drug-likeness (QED) is 0.862. The molecule has 0 aliphatic carbocycles. The molecule has 0 amide bonds. The van der Waals surface area contributed by atoms with Crippen molar-refractivity contribution in [1.29, 1.82) is 0 Å². The summed E-state index contributed by atoms with van der Waals surface area (Å²) in [4.78, 5) is 2.28. The topological polar surface area (TPSA) is 15.3 Å². The van der Waals surface area contributed by atoms with E-state index in [1.807, 2.05) is 6.07 Å². The van der Waals surface area contributed by atoms with Crippen LogP contribution in [0.25, 0.3) is 0 Å². The zero-order chi connectivity index (χ0) is 12.3. The van der Waals surface area contributed by atoms with Crippen LogP contribution in [0.3, 0.4) is 0 Å². The summed E-state index contributed by atoms with van der Waals surface area (Å²) in [5, 5.41) is 3.40. The van der Waals surface area contributed by atoms with Crippen molar-refractivity contribution < 1.29 is 4.39 Å². The summed E-state index contributed by atoms with van der Waals surface area (Å²) in [5.74, 6) is -0.148. The molecule has 0 saturated carbocycles. The van der Waals surface area contributed by atoms with E-state index in [0.29, 0.717) is 5.41 Å². The van der Waals surface area contributed by atoms with Gasteiger partial charge in [0.05, 0.1) is 0 Å². The monoisotopic (exact) mass is 236 g/mol. The highest BCUT2D eigenvalue weighted by atomic mass is 19.1. The van der Waals surface area contributed by atoms with Gasteiger partial charge < -0.3 is 10.2 Å². The number of hydrogen-bond acceptors (Lipinski definition) is 2. The largest absolute Gasteiger partial charge is 0.316 e. The molecule has 2 nitrogen and oxygen atoms in total. The van der Waals surface area contributed by atoms with Gasteiger partial charge in [-0.25, -0.2) is 4.39 Å². The first-order valence-electron chi connectivity index (χ1n) is 6.21. The fourth-order valence-corrected chi connectivity index (χ4v) is 2.66. The molecule has 1 unspecified atom stereocenters. The Hall–Kier alpha value is -0.930. The van der Waals surface area contributed by atoms with Gasteiger partial charge in [0.2, 0.25) is 0 Å². The molecule has 0 bridgehead atoms. The van der Waals surface area contributed by atoms with Gasteiger partial charge in [-0.1, -0.05) is 19.1 Å². The van der Waals surface area contributed by atoms with Gasteiger partial charge in [-0.2, -0.15) is 0 Å². The van der Waals surface area contributed by atoms with Crippen LogP contribution in [-0.2, 0) is 6.54 Å². The molecule has 1 heterocycles. The second-order valence-electron chi connectivity index (χ2n) is 5.54. The number of rotatable bonds is 4. The average Bonchev–Trinajstić information content (AvgIpc) is 2.64. The van der Waals surface area contributed by atoms with Crippen molar-refractivity contribution in [2.45, 2.75) is 19.9 Å². The van der Waals surface area contributed by atoms with E-state index in [1.54, 1.807) is 12.1 Å². The molecule has 0 aromatic heterocycles. The van der Waals surface area contributed by atoms with Crippen LogP contribution in [0.5, 0.6) is 0 Å². The minimum absolute atomic E-state index is 0.148. The number of nitrogens with zero attached hydrogens (tertiary/aromatic N) is 1. The van der Waals surface area contributed by atoms with E-state index in [2.05, 4.69) is 24.2 Å². The summed E-state index contributed by atoms with van der Waals surface area (Å²) in [6, 6.07) is 6.86. The minimum atomic E-state index is -0.148. The number of hydrogen-bond donors (Lipinski definition) is 1. The van der Waals surface area contributed by atoms with Crippen LogP contribution in [0, 0.1) is 11.2 Å². The molecule has 1 aromatic rings. The Kier molecular flexibility index (Phi) is 3.79. The van der Waals surface area contributed by atoms with Crippen molar-refractivity contribution in [3.63, 3.8) is 0 Å². The third-order valence-electron chi connectivity index (χ3n) is 3.45. The maximum Gasteiger partial charge on any atom is 0.123 e. The lowest BCUT2D eigenvalue weighted by molar-refractivity contribution is 0.203. The molecule has 1 aliphatic heterocycles. The fourth-order valence-electron chi connectivity index (χ4n) is 2.66. The van der Waals surface area contributed by atoms with Gasteiger partial charge in [-0.05, 0) is 43.1 Å². The highest BCUT2D eigenvalue weighted by molar-refractivity contribution is 5.16. The van der Waals surface area contributed by atoms with Crippen molar-refractivity contribution in [2.24, 2.45) is 5.41 Å². The Labute approximate surface area is 103 Å². The molecule has 1 fully saturated rings. The molecular weight excluding hydrogens is 215 g/mol. The van der Waals surface area contributed by atoms with Gasteiger partial charge in [0, 0.05) is 19.6 Å². The molecule has 1 N–H and O–H groups in total. The lowest BCUT2D eigenvalue weighted by Crippen LogP contribution is -2.34. The Balaban J connectivity index is 1.90. The first kappa shape index (κ1) is 12.5. The van der Waals surface area contributed by atoms with Crippen LogP contribution in [0.15, 0.2) is 24.3 Å². The molecule has 17 heavy (non-hydrogen) atoms. The first-order chi connectivity index (χ1) is 8.07. The van der Waals surface area contributed by atoms with Crippen LogP contribution in [0.1, 0.15) is 18.9 Å². The SMILES string of the molecule is CN(Cc1cccc(F)c1)CC1(C)CCNC1. The third-order valence-corrected chi connectivity index (χ3v) is 3.45. The molecule has 1 aromatic carbocycles. The standard InChI is InChI=1S/C14H21FN2/c1-14(6-7-16-10-14)11-17(2)9-12-4-3-5-13(15)8-12/h3-5,8,16H,6-7,9-11H2,1-2H3. The Morgan fingerprint density at radius 2 is 2.29 bits per heavy atom. The zero-order valence-corrected chi connectivity index (χ0v) is 10.7. The van der Waals surface area contributed by atoms with E-state index >= 15 is 0 Å². The van der Waals surface area contributed by atoms with Gasteiger partial charge in [-0.3, -0.25) is 0 Å². The molecule has 1 atom stereocenters. The molecule has 2 rings (SSSR count). The van der Waals surface area contributed by atoms with Crippen molar-refractivity contribution in [2.75, 3.05) is 26.7 Å². The lowest BCUT2D eigenvalue weighted by atomic mass is 9.89. The second-order valence-corrected chi connectivity index (χ2v) is 5.54. The maximum absolute atomic E-state index is 13.1. The minimum Gasteiger partial charge on any atom is -0.316 e. The summed E-state index contributed by atoms with van der Waals surface area (Å²) in [6.45, 7) is 6.38. The third kappa shape index (κ3) is 3.51. The zero-order valence-electron chi connectivity index (χ0n) is 10.7. The molecule has 3 heteroatoms. The van der Waals surface area contributed by atoms with E-state index in [4.69, 9.17) is 0 Å². The number of nitrogens with one attached hydrogen (secondary N) is 1. The maximum atomic E-state index is 13.1. The molecule has 1 saturated heterocycles. The first-order valence-corrected chi connectivity index (χ1v) is 6.21. The second kappa shape index (κ2) is 5.15. The van der Waals surface area contributed by atoms with Crippen molar-refractivity contribution >= 4 is 0 Å². The van der Waals surface area contributed by atoms with Crippen molar-refractivity contribution in [3.8, 4) is 0 Å². The van der Waals surface area contributed by atoms with Crippen molar-refractivity contribution in [3.05, 3.63) is 35.6 Å². The lowest BCUT2D eigenvalue weighted by Gasteiger charge is -2.29. The Bertz CT molecular complexity index is 372. The van der Waals surface area contributed by atoms with Crippen molar-refractivity contribution in [1.82, 2.24) is 10.2 Å². The average molecular weight is 236 g/mol. The summed E-state index contributed by atoms with van der Waals surface area (Å²) in [5.41, 5.74) is 1.41. The highest BCUT2D eigenvalue weighted by Gasteiger charge is 2.29.